The summed E-state index contributed by atoms with van der Waals surface area (Å²) in [5.74, 6) is 0.508. The van der Waals surface area contributed by atoms with Crippen LogP contribution in [0.15, 0.2) is 54.6 Å². The van der Waals surface area contributed by atoms with Crippen LogP contribution in [-0.4, -0.2) is 19.2 Å². The molecule has 4 nitrogen and oxygen atoms in total. The number of ether oxygens (including phenoxy) is 2. The Morgan fingerprint density at radius 3 is 2.32 bits per heavy atom. The number of nitriles is 1. The number of carbonyl (C=O) groups is 1. The Balaban J connectivity index is 1.55. The lowest BCUT2D eigenvalue weighted by atomic mass is 9.79. The monoisotopic (exact) mass is 335 g/mol. The van der Waals surface area contributed by atoms with Gasteiger partial charge in [-0.2, -0.15) is 5.26 Å². The highest BCUT2D eigenvalue weighted by atomic mass is 16.6. The minimum atomic E-state index is -0.504. The lowest BCUT2D eigenvalue weighted by Gasteiger charge is -2.27. The van der Waals surface area contributed by atoms with E-state index in [0.717, 1.165) is 31.2 Å². The van der Waals surface area contributed by atoms with E-state index in [9.17, 15) is 4.79 Å². The van der Waals surface area contributed by atoms with Crippen molar-refractivity contribution in [3.63, 3.8) is 0 Å². The van der Waals surface area contributed by atoms with Crippen LogP contribution in [0.1, 0.15) is 36.8 Å². The van der Waals surface area contributed by atoms with Gasteiger partial charge in [-0.3, -0.25) is 4.79 Å². The van der Waals surface area contributed by atoms with Crippen LogP contribution >= 0.6 is 0 Å². The third-order valence-electron chi connectivity index (χ3n) is 4.74. The maximum absolute atomic E-state index is 12.7. The van der Waals surface area contributed by atoms with Gasteiger partial charge in [0.2, 0.25) is 0 Å². The van der Waals surface area contributed by atoms with Crippen LogP contribution in [0.25, 0.3) is 0 Å². The molecule has 1 saturated carbocycles. The molecule has 0 aliphatic heterocycles. The first kappa shape index (κ1) is 17.0. The molecule has 1 aliphatic rings. The highest BCUT2D eigenvalue weighted by Gasteiger charge is 2.43. The van der Waals surface area contributed by atoms with E-state index < -0.39 is 5.41 Å². The molecule has 1 fully saturated rings. The van der Waals surface area contributed by atoms with Gasteiger partial charge >= 0.3 is 5.97 Å². The van der Waals surface area contributed by atoms with Crippen LogP contribution in [0, 0.1) is 11.3 Å². The molecule has 0 amide bonds. The molecule has 1 aliphatic carbocycles. The molecule has 0 spiro atoms. The van der Waals surface area contributed by atoms with Gasteiger partial charge in [0, 0.05) is 0 Å². The average molecular weight is 335 g/mol. The van der Waals surface area contributed by atoms with E-state index >= 15 is 0 Å². The summed E-state index contributed by atoms with van der Waals surface area (Å²) in [5.41, 5.74) is 1.13. The molecule has 2 aromatic rings. The standard InChI is InChI=1S/C21H21NO3/c22-16-17-8-10-19(11-9-17)24-14-15-25-20(23)21(12-4-5-13-21)18-6-2-1-3-7-18/h1-3,6-11H,4-5,12-15H2. The van der Waals surface area contributed by atoms with E-state index in [1.165, 1.54) is 0 Å². The van der Waals surface area contributed by atoms with Crippen molar-refractivity contribution >= 4 is 5.97 Å². The van der Waals surface area contributed by atoms with Crippen LogP contribution in [0.4, 0.5) is 0 Å². The fourth-order valence-corrected chi connectivity index (χ4v) is 3.40. The molecule has 0 unspecified atom stereocenters. The highest BCUT2D eigenvalue weighted by Crippen LogP contribution is 2.42. The summed E-state index contributed by atoms with van der Waals surface area (Å²) in [5, 5.41) is 8.78. The van der Waals surface area contributed by atoms with Crippen molar-refractivity contribution in [2.24, 2.45) is 0 Å². The molecule has 0 bridgehead atoms. The van der Waals surface area contributed by atoms with Gasteiger partial charge in [0.25, 0.3) is 0 Å². The number of nitrogens with zero attached hydrogens (tertiary/aromatic N) is 1. The molecule has 4 heteroatoms. The molecule has 128 valence electrons. The molecule has 0 N–H and O–H groups in total. The molecule has 0 heterocycles. The molecule has 0 radical (unpaired) electrons. The van der Waals surface area contributed by atoms with Gasteiger partial charge in [0.15, 0.2) is 0 Å². The van der Waals surface area contributed by atoms with Gasteiger partial charge in [-0.25, -0.2) is 0 Å². The number of rotatable bonds is 6. The molecule has 0 saturated heterocycles. The van der Waals surface area contributed by atoms with E-state index in [2.05, 4.69) is 6.07 Å². The summed E-state index contributed by atoms with van der Waals surface area (Å²) in [6.45, 7) is 0.510. The Labute approximate surface area is 148 Å². The average Bonchev–Trinajstić information content (AvgIpc) is 3.17. The Morgan fingerprint density at radius 1 is 1.00 bits per heavy atom. The summed E-state index contributed by atoms with van der Waals surface area (Å²) in [4.78, 5) is 12.7. The van der Waals surface area contributed by atoms with Crippen LogP contribution in [0.5, 0.6) is 5.75 Å². The van der Waals surface area contributed by atoms with Gasteiger partial charge in [0.1, 0.15) is 19.0 Å². The SMILES string of the molecule is N#Cc1ccc(OCCOC(=O)C2(c3ccccc3)CCCC2)cc1. The molecular weight excluding hydrogens is 314 g/mol. The normalized spacial score (nSPS) is 15.3. The summed E-state index contributed by atoms with van der Waals surface area (Å²) < 4.78 is 11.1. The number of esters is 1. The van der Waals surface area contributed by atoms with E-state index in [-0.39, 0.29) is 12.6 Å². The lowest BCUT2D eigenvalue weighted by molar-refractivity contribution is -0.151. The van der Waals surface area contributed by atoms with E-state index in [1.807, 2.05) is 30.3 Å². The van der Waals surface area contributed by atoms with E-state index in [1.54, 1.807) is 24.3 Å². The number of carbonyl (C=O) groups excluding carboxylic acids is 1. The van der Waals surface area contributed by atoms with Gasteiger partial charge in [0.05, 0.1) is 17.0 Å². The van der Waals surface area contributed by atoms with E-state index in [4.69, 9.17) is 14.7 Å². The van der Waals surface area contributed by atoms with Crippen molar-refractivity contribution in [3.8, 4) is 11.8 Å². The molecule has 0 aromatic heterocycles. The molecule has 3 rings (SSSR count). The fraction of sp³-hybridized carbons (Fsp3) is 0.333. The Morgan fingerprint density at radius 2 is 1.68 bits per heavy atom. The first-order valence-electron chi connectivity index (χ1n) is 8.60. The highest BCUT2D eigenvalue weighted by molar-refractivity contribution is 5.83. The second kappa shape index (κ2) is 7.85. The smallest absolute Gasteiger partial charge is 0.316 e. The van der Waals surface area contributed by atoms with Gasteiger partial charge in [-0.05, 0) is 42.7 Å². The molecule has 25 heavy (non-hydrogen) atoms. The predicted molar refractivity (Wildman–Crippen MR) is 94.2 cm³/mol. The largest absolute Gasteiger partial charge is 0.490 e. The van der Waals surface area contributed by atoms with Crippen LogP contribution in [0.2, 0.25) is 0 Å². The summed E-state index contributed by atoms with van der Waals surface area (Å²) in [6.07, 6.45) is 3.77. The van der Waals surface area contributed by atoms with Crippen molar-refractivity contribution in [2.75, 3.05) is 13.2 Å². The second-order valence-electron chi connectivity index (χ2n) is 6.28. The van der Waals surface area contributed by atoms with Gasteiger partial charge < -0.3 is 9.47 Å². The quantitative estimate of drug-likeness (QED) is 0.591. The van der Waals surface area contributed by atoms with E-state index in [0.29, 0.717) is 17.9 Å². The summed E-state index contributed by atoms with van der Waals surface area (Å²) >= 11 is 0. The van der Waals surface area contributed by atoms with Gasteiger partial charge in [-0.1, -0.05) is 43.2 Å². The maximum atomic E-state index is 12.7. The fourth-order valence-electron chi connectivity index (χ4n) is 3.40. The first-order valence-corrected chi connectivity index (χ1v) is 8.60. The number of hydrogen-bond donors (Lipinski definition) is 0. The van der Waals surface area contributed by atoms with Crippen LogP contribution < -0.4 is 4.74 Å². The first-order chi connectivity index (χ1) is 12.2. The lowest BCUT2D eigenvalue weighted by Crippen LogP contribution is -2.35. The topological polar surface area (TPSA) is 59.3 Å². The second-order valence-corrected chi connectivity index (χ2v) is 6.28. The van der Waals surface area contributed by atoms with Crippen molar-refractivity contribution < 1.29 is 14.3 Å². The molecular formula is C21H21NO3. The zero-order valence-corrected chi connectivity index (χ0v) is 14.1. The van der Waals surface area contributed by atoms with Crippen LogP contribution in [0.3, 0.4) is 0 Å². The predicted octanol–water partition coefficient (Wildman–Crippen LogP) is 3.99. The summed E-state index contributed by atoms with van der Waals surface area (Å²) in [6, 6.07) is 18.9. The third-order valence-corrected chi connectivity index (χ3v) is 4.74. The maximum Gasteiger partial charge on any atom is 0.316 e. The Kier molecular flexibility index (Phi) is 5.35. The minimum Gasteiger partial charge on any atom is -0.490 e. The number of hydrogen-bond acceptors (Lipinski definition) is 4. The zero-order chi connectivity index (χ0) is 17.5. The summed E-state index contributed by atoms with van der Waals surface area (Å²) in [7, 11) is 0. The molecule has 2 aromatic carbocycles. The van der Waals surface area contributed by atoms with Crippen molar-refractivity contribution in [2.45, 2.75) is 31.1 Å². The Hall–Kier alpha value is -2.80. The van der Waals surface area contributed by atoms with Gasteiger partial charge in [-0.15, -0.1) is 0 Å². The molecule has 0 atom stereocenters. The minimum absolute atomic E-state index is 0.153. The van der Waals surface area contributed by atoms with Crippen LogP contribution in [-0.2, 0) is 14.9 Å². The zero-order valence-electron chi connectivity index (χ0n) is 14.1. The number of benzene rings is 2. The van der Waals surface area contributed by atoms with Crippen molar-refractivity contribution in [3.05, 3.63) is 65.7 Å². The Bertz CT molecular complexity index is 741. The third kappa shape index (κ3) is 3.83. The van der Waals surface area contributed by atoms with Crippen molar-refractivity contribution in [1.82, 2.24) is 0 Å². The van der Waals surface area contributed by atoms with Crippen molar-refractivity contribution in [1.29, 1.82) is 5.26 Å².